The fourth-order valence-electron chi connectivity index (χ4n) is 3.52. The van der Waals surface area contributed by atoms with E-state index >= 15 is 0 Å². The molecule has 0 saturated carbocycles. The maximum absolute atomic E-state index is 14.1. The van der Waals surface area contributed by atoms with Gasteiger partial charge in [0, 0.05) is 12.6 Å². The summed E-state index contributed by atoms with van der Waals surface area (Å²) in [6, 6.07) is 3.76. The first-order valence-corrected chi connectivity index (χ1v) is 7.37. The summed E-state index contributed by atoms with van der Waals surface area (Å²) in [5, 5.41) is 8.13. The Kier molecular flexibility index (Phi) is 2.99. The second-order valence-corrected chi connectivity index (χ2v) is 5.88. The van der Waals surface area contributed by atoms with Crippen molar-refractivity contribution in [1.29, 1.82) is 0 Å². The SMILES string of the molecule is COc1ccc2c(NC3CN4CCC3CC4)noc2c1F. The molecule has 21 heavy (non-hydrogen) atoms. The molecule has 0 radical (unpaired) electrons. The molecule has 5 nitrogen and oxygen atoms in total. The van der Waals surface area contributed by atoms with Gasteiger partial charge < -0.3 is 19.5 Å². The van der Waals surface area contributed by atoms with Crippen LogP contribution in [0.1, 0.15) is 12.8 Å². The van der Waals surface area contributed by atoms with Crippen molar-refractivity contribution >= 4 is 16.8 Å². The van der Waals surface area contributed by atoms with E-state index in [4.69, 9.17) is 9.26 Å². The minimum Gasteiger partial charge on any atom is -0.494 e. The van der Waals surface area contributed by atoms with Crippen molar-refractivity contribution in [2.45, 2.75) is 18.9 Å². The van der Waals surface area contributed by atoms with Crippen LogP contribution in [0.15, 0.2) is 16.7 Å². The first-order chi connectivity index (χ1) is 10.3. The van der Waals surface area contributed by atoms with E-state index < -0.39 is 5.82 Å². The molecule has 3 fully saturated rings. The lowest BCUT2D eigenvalue weighted by atomic mass is 9.84. The largest absolute Gasteiger partial charge is 0.494 e. The van der Waals surface area contributed by atoms with Gasteiger partial charge in [-0.1, -0.05) is 5.16 Å². The second kappa shape index (κ2) is 4.87. The number of hydrogen-bond donors (Lipinski definition) is 1. The zero-order valence-corrected chi connectivity index (χ0v) is 11.9. The maximum Gasteiger partial charge on any atom is 0.211 e. The number of rotatable bonds is 3. The molecule has 0 amide bonds. The van der Waals surface area contributed by atoms with E-state index in [-0.39, 0.29) is 11.3 Å². The number of halogens is 1. The average molecular weight is 291 g/mol. The molecule has 0 aliphatic carbocycles. The van der Waals surface area contributed by atoms with Crippen LogP contribution in [-0.2, 0) is 0 Å². The van der Waals surface area contributed by atoms with E-state index in [2.05, 4.69) is 15.4 Å². The molecule has 3 aliphatic rings. The van der Waals surface area contributed by atoms with Crippen LogP contribution in [0.4, 0.5) is 10.2 Å². The number of nitrogens with zero attached hydrogens (tertiary/aromatic N) is 2. The summed E-state index contributed by atoms with van der Waals surface area (Å²) in [6.07, 6.45) is 2.44. The van der Waals surface area contributed by atoms with Crippen molar-refractivity contribution in [2.75, 3.05) is 32.1 Å². The molecule has 1 aromatic carbocycles. The summed E-state index contributed by atoms with van der Waals surface area (Å²) >= 11 is 0. The first-order valence-electron chi connectivity index (χ1n) is 7.37. The molecule has 1 atom stereocenters. The Morgan fingerprint density at radius 3 is 2.86 bits per heavy atom. The quantitative estimate of drug-likeness (QED) is 0.941. The normalized spacial score (nSPS) is 28.0. The maximum atomic E-state index is 14.1. The fourth-order valence-corrected chi connectivity index (χ4v) is 3.52. The molecule has 0 spiro atoms. The molecule has 112 valence electrons. The average Bonchev–Trinajstić information content (AvgIpc) is 2.93. The van der Waals surface area contributed by atoms with E-state index in [1.54, 1.807) is 12.1 Å². The molecule has 2 bridgehead atoms. The third-order valence-corrected chi connectivity index (χ3v) is 4.74. The van der Waals surface area contributed by atoms with Crippen LogP contribution in [0.25, 0.3) is 11.0 Å². The Morgan fingerprint density at radius 2 is 2.19 bits per heavy atom. The van der Waals surface area contributed by atoms with Crippen LogP contribution in [0.5, 0.6) is 5.75 Å². The molecule has 3 aliphatic heterocycles. The van der Waals surface area contributed by atoms with Crippen LogP contribution in [0, 0.1) is 11.7 Å². The van der Waals surface area contributed by atoms with Gasteiger partial charge in [-0.2, -0.15) is 4.39 Å². The van der Waals surface area contributed by atoms with Crippen molar-refractivity contribution in [3.8, 4) is 5.75 Å². The molecule has 1 aromatic heterocycles. The Hall–Kier alpha value is -1.82. The van der Waals surface area contributed by atoms with Gasteiger partial charge >= 0.3 is 0 Å². The van der Waals surface area contributed by atoms with Crippen LogP contribution in [-0.4, -0.2) is 42.8 Å². The predicted molar refractivity (Wildman–Crippen MR) is 77.1 cm³/mol. The molecule has 2 aromatic rings. The fraction of sp³-hybridized carbons (Fsp3) is 0.533. The van der Waals surface area contributed by atoms with Crippen molar-refractivity contribution in [1.82, 2.24) is 10.1 Å². The smallest absolute Gasteiger partial charge is 0.211 e. The van der Waals surface area contributed by atoms with Gasteiger partial charge in [-0.15, -0.1) is 0 Å². The summed E-state index contributed by atoms with van der Waals surface area (Å²) in [5.41, 5.74) is 0.151. The molecule has 6 heteroatoms. The van der Waals surface area contributed by atoms with Gasteiger partial charge in [-0.05, 0) is 44.0 Å². The van der Waals surface area contributed by atoms with Gasteiger partial charge in [0.1, 0.15) is 0 Å². The summed E-state index contributed by atoms with van der Waals surface area (Å²) in [5.74, 6) is 0.979. The molecule has 1 N–H and O–H groups in total. The number of benzene rings is 1. The molecular weight excluding hydrogens is 273 g/mol. The van der Waals surface area contributed by atoms with Gasteiger partial charge in [0.05, 0.1) is 12.5 Å². The lowest BCUT2D eigenvalue weighted by Gasteiger charge is -2.44. The number of nitrogens with one attached hydrogen (secondary N) is 1. The Morgan fingerprint density at radius 1 is 1.38 bits per heavy atom. The highest BCUT2D eigenvalue weighted by Crippen LogP contribution is 2.34. The summed E-state index contributed by atoms with van der Waals surface area (Å²) < 4.78 is 24.2. The van der Waals surface area contributed by atoms with Gasteiger partial charge in [0.15, 0.2) is 11.6 Å². The van der Waals surface area contributed by atoms with Gasteiger partial charge in [-0.25, -0.2) is 0 Å². The monoisotopic (exact) mass is 291 g/mol. The van der Waals surface area contributed by atoms with Crippen LogP contribution >= 0.6 is 0 Å². The van der Waals surface area contributed by atoms with E-state index in [1.807, 2.05) is 0 Å². The Bertz CT molecular complexity index is 664. The summed E-state index contributed by atoms with van der Waals surface area (Å²) in [7, 11) is 1.44. The highest BCUT2D eigenvalue weighted by molar-refractivity contribution is 5.89. The van der Waals surface area contributed by atoms with E-state index in [0.29, 0.717) is 23.2 Å². The highest BCUT2D eigenvalue weighted by atomic mass is 19.1. The van der Waals surface area contributed by atoms with Crippen LogP contribution in [0.3, 0.4) is 0 Å². The van der Waals surface area contributed by atoms with E-state index in [9.17, 15) is 4.39 Å². The topological polar surface area (TPSA) is 50.5 Å². The predicted octanol–water partition coefficient (Wildman–Crippen LogP) is 2.48. The number of ether oxygens (including phenoxy) is 1. The number of anilines is 1. The van der Waals surface area contributed by atoms with Gasteiger partial charge in [0.25, 0.3) is 0 Å². The number of fused-ring (bicyclic) bond motifs is 4. The van der Waals surface area contributed by atoms with Crippen molar-refractivity contribution in [3.05, 3.63) is 17.9 Å². The summed E-state index contributed by atoms with van der Waals surface area (Å²) in [6.45, 7) is 3.40. The van der Waals surface area contributed by atoms with E-state index in [0.717, 1.165) is 6.54 Å². The third-order valence-electron chi connectivity index (χ3n) is 4.74. The summed E-state index contributed by atoms with van der Waals surface area (Å²) in [4.78, 5) is 2.46. The number of piperidine rings is 3. The first kappa shape index (κ1) is 12.9. The minimum absolute atomic E-state index is 0.151. The zero-order valence-electron chi connectivity index (χ0n) is 11.9. The number of hydrogen-bond acceptors (Lipinski definition) is 5. The number of methoxy groups -OCH3 is 1. The molecule has 4 heterocycles. The van der Waals surface area contributed by atoms with Gasteiger partial charge in [-0.3, -0.25) is 0 Å². The van der Waals surface area contributed by atoms with Crippen molar-refractivity contribution < 1.29 is 13.7 Å². The Balaban J connectivity index is 1.64. The lowest BCUT2D eigenvalue weighted by molar-refractivity contribution is 0.0973. The second-order valence-electron chi connectivity index (χ2n) is 5.88. The van der Waals surface area contributed by atoms with Crippen molar-refractivity contribution in [2.24, 2.45) is 5.92 Å². The minimum atomic E-state index is -0.496. The third kappa shape index (κ3) is 2.05. The Labute approximate surface area is 122 Å². The molecule has 3 saturated heterocycles. The lowest BCUT2D eigenvalue weighted by Crippen LogP contribution is -2.53. The van der Waals surface area contributed by atoms with Crippen LogP contribution in [0.2, 0.25) is 0 Å². The van der Waals surface area contributed by atoms with Crippen molar-refractivity contribution in [3.63, 3.8) is 0 Å². The highest BCUT2D eigenvalue weighted by Gasteiger charge is 2.34. The molecule has 5 rings (SSSR count). The van der Waals surface area contributed by atoms with E-state index in [1.165, 1.54) is 33.0 Å². The van der Waals surface area contributed by atoms with Gasteiger partial charge in [0.2, 0.25) is 11.4 Å². The number of aromatic nitrogens is 1. The molecular formula is C15H18FN3O2. The molecule has 1 unspecified atom stereocenters. The zero-order chi connectivity index (χ0) is 14.4. The van der Waals surface area contributed by atoms with Crippen LogP contribution < -0.4 is 10.1 Å². The standard InChI is InChI=1S/C15H18FN3O2/c1-20-12-3-2-10-14(13(12)16)21-18-15(10)17-11-8-19-6-4-9(11)5-7-19/h2-3,9,11H,4-8H2,1H3,(H,17,18).